The van der Waals surface area contributed by atoms with E-state index in [0.29, 0.717) is 27.1 Å². The van der Waals surface area contributed by atoms with E-state index in [9.17, 15) is 14.7 Å². The van der Waals surface area contributed by atoms with Crippen molar-refractivity contribution in [3.63, 3.8) is 0 Å². The number of carbonyl (C=O) groups excluding carboxylic acids is 1. The molecule has 0 saturated heterocycles. The van der Waals surface area contributed by atoms with Gasteiger partial charge >= 0.3 is 5.97 Å². The van der Waals surface area contributed by atoms with Crippen molar-refractivity contribution < 1.29 is 19.4 Å². The van der Waals surface area contributed by atoms with Crippen LogP contribution < -0.4 is 10.1 Å². The van der Waals surface area contributed by atoms with Crippen LogP contribution in [0, 0.1) is 0 Å². The zero-order valence-corrected chi connectivity index (χ0v) is 17.2. The highest BCUT2D eigenvalue weighted by molar-refractivity contribution is 6.32. The maximum atomic E-state index is 12.2. The van der Waals surface area contributed by atoms with Crippen LogP contribution in [0.2, 0.25) is 10.0 Å². The molecule has 0 radical (unpaired) electrons. The van der Waals surface area contributed by atoms with Gasteiger partial charge in [-0.1, -0.05) is 59.6 Å². The molecule has 30 heavy (non-hydrogen) atoms. The Morgan fingerprint density at radius 1 is 0.933 bits per heavy atom. The SMILES string of the molecule is O=C(Cc1ccc(Cl)cc1)N/C(=C/c1ccc(Oc2ccccc2Cl)cc1)C(=O)O. The first kappa shape index (κ1) is 21.4. The van der Waals surface area contributed by atoms with Crippen LogP contribution in [0.3, 0.4) is 0 Å². The van der Waals surface area contributed by atoms with Crippen molar-refractivity contribution in [3.8, 4) is 11.5 Å². The van der Waals surface area contributed by atoms with Gasteiger partial charge in [-0.25, -0.2) is 4.79 Å². The number of ether oxygens (including phenoxy) is 1. The van der Waals surface area contributed by atoms with Crippen LogP contribution in [-0.2, 0) is 16.0 Å². The highest BCUT2D eigenvalue weighted by Crippen LogP contribution is 2.29. The Balaban J connectivity index is 1.68. The largest absolute Gasteiger partial charge is 0.477 e. The van der Waals surface area contributed by atoms with Crippen molar-refractivity contribution in [2.24, 2.45) is 0 Å². The zero-order chi connectivity index (χ0) is 21.5. The molecule has 2 N–H and O–H groups in total. The summed E-state index contributed by atoms with van der Waals surface area (Å²) in [5.74, 6) is -0.618. The molecule has 152 valence electrons. The molecule has 0 aromatic heterocycles. The van der Waals surface area contributed by atoms with Gasteiger partial charge in [-0.3, -0.25) is 4.79 Å². The molecule has 5 nitrogen and oxygen atoms in total. The van der Waals surface area contributed by atoms with Crippen LogP contribution in [0.4, 0.5) is 0 Å². The van der Waals surface area contributed by atoms with E-state index < -0.39 is 11.9 Å². The van der Waals surface area contributed by atoms with Crippen molar-refractivity contribution in [1.82, 2.24) is 5.32 Å². The van der Waals surface area contributed by atoms with Gasteiger partial charge in [0.15, 0.2) is 0 Å². The molecule has 0 atom stereocenters. The van der Waals surface area contributed by atoms with Gasteiger partial charge < -0.3 is 15.2 Å². The number of nitrogens with one attached hydrogen (secondary N) is 1. The Labute approximate surface area is 183 Å². The number of benzene rings is 3. The molecule has 0 aliphatic carbocycles. The van der Waals surface area contributed by atoms with E-state index in [1.54, 1.807) is 66.7 Å². The topological polar surface area (TPSA) is 75.6 Å². The summed E-state index contributed by atoms with van der Waals surface area (Å²) in [6.07, 6.45) is 1.41. The number of hydrogen-bond donors (Lipinski definition) is 2. The molecule has 0 aliphatic rings. The molecular weight excluding hydrogens is 425 g/mol. The molecule has 0 aliphatic heterocycles. The Morgan fingerprint density at radius 3 is 2.23 bits per heavy atom. The van der Waals surface area contributed by atoms with Crippen LogP contribution in [0.5, 0.6) is 11.5 Å². The molecule has 7 heteroatoms. The van der Waals surface area contributed by atoms with E-state index >= 15 is 0 Å². The number of aliphatic carboxylic acids is 1. The lowest BCUT2D eigenvalue weighted by molar-refractivity contribution is -0.134. The average Bonchev–Trinajstić information content (AvgIpc) is 2.72. The Kier molecular flexibility index (Phi) is 7.12. The van der Waals surface area contributed by atoms with Gasteiger partial charge in [0.2, 0.25) is 5.91 Å². The number of carbonyl (C=O) groups is 2. The quantitative estimate of drug-likeness (QED) is 0.469. The van der Waals surface area contributed by atoms with Crippen molar-refractivity contribution in [1.29, 1.82) is 0 Å². The van der Waals surface area contributed by atoms with Gasteiger partial charge in [-0.05, 0) is 53.6 Å². The molecule has 3 rings (SSSR count). The number of carboxylic acids is 1. The first-order chi connectivity index (χ1) is 14.4. The van der Waals surface area contributed by atoms with E-state index in [0.717, 1.165) is 5.56 Å². The lowest BCUT2D eigenvalue weighted by Crippen LogP contribution is -2.28. The van der Waals surface area contributed by atoms with Gasteiger partial charge in [0.25, 0.3) is 0 Å². The standard InChI is InChI=1S/C23H17Cl2NO4/c24-17-9-5-16(6-10-17)14-22(27)26-20(23(28)29)13-15-7-11-18(12-8-15)30-21-4-2-1-3-19(21)25/h1-13H,14H2,(H,26,27)(H,28,29)/b20-13+. The number of amides is 1. The van der Waals surface area contributed by atoms with Crippen molar-refractivity contribution in [2.45, 2.75) is 6.42 Å². The van der Waals surface area contributed by atoms with E-state index in [1.807, 2.05) is 6.07 Å². The van der Waals surface area contributed by atoms with Crippen LogP contribution in [0.15, 0.2) is 78.5 Å². The van der Waals surface area contributed by atoms with E-state index in [4.69, 9.17) is 27.9 Å². The maximum absolute atomic E-state index is 12.2. The minimum atomic E-state index is -1.24. The van der Waals surface area contributed by atoms with E-state index in [1.165, 1.54) is 6.08 Å². The number of halogens is 2. The van der Waals surface area contributed by atoms with Crippen LogP contribution in [0.25, 0.3) is 6.08 Å². The second-order valence-corrected chi connectivity index (χ2v) is 7.16. The Morgan fingerprint density at radius 2 is 1.60 bits per heavy atom. The maximum Gasteiger partial charge on any atom is 0.352 e. The summed E-state index contributed by atoms with van der Waals surface area (Å²) in [7, 11) is 0. The fraction of sp³-hybridized carbons (Fsp3) is 0.0435. The van der Waals surface area contributed by atoms with Gasteiger partial charge in [-0.2, -0.15) is 0 Å². The molecule has 0 spiro atoms. The smallest absolute Gasteiger partial charge is 0.352 e. The lowest BCUT2D eigenvalue weighted by atomic mass is 10.1. The van der Waals surface area contributed by atoms with Gasteiger partial charge in [-0.15, -0.1) is 0 Å². The summed E-state index contributed by atoms with van der Waals surface area (Å²) in [4.78, 5) is 23.8. The number of para-hydroxylation sites is 1. The summed E-state index contributed by atoms with van der Waals surface area (Å²) < 4.78 is 5.71. The first-order valence-corrected chi connectivity index (χ1v) is 9.68. The summed E-state index contributed by atoms with van der Waals surface area (Å²) >= 11 is 11.9. The summed E-state index contributed by atoms with van der Waals surface area (Å²) in [5, 5.41) is 12.9. The first-order valence-electron chi connectivity index (χ1n) is 8.92. The number of carboxylic acid groups (broad SMARTS) is 1. The Hall–Kier alpha value is -3.28. The second kappa shape index (κ2) is 9.96. The van der Waals surface area contributed by atoms with Crippen molar-refractivity contribution in [3.05, 3.63) is 99.7 Å². The fourth-order valence-corrected chi connectivity index (χ4v) is 2.89. The third kappa shape index (κ3) is 6.11. The summed E-state index contributed by atoms with van der Waals surface area (Å²) in [6.45, 7) is 0. The molecule has 0 unspecified atom stereocenters. The van der Waals surface area contributed by atoms with Crippen LogP contribution in [-0.4, -0.2) is 17.0 Å². The van der Waals surface area contributed by atoms with E-state index in [2.05, 4.69) is 5.32 Å². The minimum absolute atomic E-state index is 0.0341. The molecular formula is C23H17Cl2NO4. The molecule has 0 fully saturated rings. The van der Waals surface area contributed by atoms with Crippen LogP contribution >= 0.6 is 23.2 Å². The molecule has 3 aromatic carbocycles. The highest BCUT2D eigenvalue weighted by atomic mass is 35.5. The third-order valence-electron chi connectivity index (χ3n) is 4.04. The summed E-state index contributed by atoms with van der Waals surface area (Å²) in [5.41, 5.74) is 1.09. The number of rotatable bonds is 7. The van der Waals surface area contributed by atoms with Gasteiger partial charge in [0.05, 0.1) is 11.4 Å². The minimum Gasteiger partial charge on any atom is -0.477 e. The Bertz CT molecular complexity index is 1080. The third-order valence-corrected chi connectivity index (χ3v) is 4.60. The normalized spacial score (nSPS) is 11.1. The molecule has 0 bridgehead atoms. The fourth-order valence-electron chi connectivity index (χ4n) is 2.59. The van der Waals surface area contributed by atoms with Gasteiger partial charge in [0, 0.05) is 5.02 Å². The van der Waals surface area contributed by atoms with E-state index in [-0.39, 0.29) is 12.1 Å². The van der Waals surface area contributed by atoms with Gasteiger partial charge in [0.1, 0.15) is 17.2 Å². The average molecular weight is 442 g/mol. The summed E-state index contributed by atoms with van der Waals surface area (Å²) in [6, 6.07) is 20.6. The monoisotopic (exact) mass is 441 g/mol. The van der Waals surface area contributed by atoms with Crippen molar-refractivity contribution >= 4 is 41.2 Å². The highest BCUT2D eigenvalue weighted by Gasteiger charge is 2.12. The zero-order valence-electron chi connectivity index (χ0n) is 15.6. The molecule has 3 aromatic rings. The number of hydrogen-bond acceptors (Lipinski definition) is 3. The second-order valence-electron chi connectivity index (χ2n) is 6.32. The van der Waals surface area contributed by atoms with Crippen molar-refractivity contribution in [2.75, 3.05) is 0 Å². The molecule has 1 amide bonds. The predicted octanol–water partition coefficient (Wildman–Crippen LogP) is 5.57. The molecule has 0 heterocycles. The predicted molar refractivity (Wildman–Crippen MR) is 117 cm³/mol. The lowest BCUT2D eigenvalue weighted by Gasteiger charge is -2.08. The molecule has 0 saturated carbocycles. The van der Waals surface area contributed by atoms with Crippen LogP contribution in [0.1, 0.15) is 11.1 Å².